The fourth-order valence-corrected chi connectivity index (χ4v) is 1.38. The molecule has 2 N–H and O–H groups in total. The smallest absolute Gasteiger partial charge is 0.389 e. The molecule has 0 saturated heterocycles. The molecule has 0 bridgehead atoms. The first-order valence-corrected chi connectivity index (χ1v) is 4.88. The molecule has 0 saturated carbocycles. The Morgan fingerprint density at radius 3 is 2.19 bits per heavy atom. The number of thiocarbonyl (C=S) groups is 1. The lowest BCUT2D eigenvalue weighted by Crippen LogP contribution is -2.30. The first kappa shape index (κ1) is 12.8. The van der Waals surface area contributed by atoms with Crippen LogP contribution in [-0.4, -0.2) is 24.8 Å². The van der Waals surface area contributed by atoms with Crippen LogP contribution in [0.4, 0.5) is 18.9 Å². The summed E-state index contributed by atoms with van der Waals surface area (Å²) in [6.45, 7) is -0.987. The van der Waals surface area contributed by atoms with Gasteiger partial charge in [-0.25, -0.2) is 0 Å². The van der Waals surface area contributed by atoms with Crippen LogP contribution in [-0.2, 0) is 0 Å². The van der Waals surface area contributed by atoms with Gasteiger partial charge in [0.25, 0.3) is 0 Å². The third kappa shape index (κ3) is 3.69. The van der Waals surface area contributed by atoms with Gasteiger partial charge >= 0.3 is 6.18 Å². The largest absolute Gasteiger partial charge is 0.405 e. The lowest BCUT2D eigenvalue weighted by molar-refractivity contribution is -0.119. The molecule has 0 aliphatic heterocycles. The van der Waals surface area contributed by atoms with Crippen LogP contribution < -0.4 is 10.6 Å². The molecule has 0 unspecified atom stereocenters. The molecule has 0 aromatic heterocycles. The maximum atomic E-state index is 12.1. The third-order valence-electron chi connectivity index (χ3n) is 2.01. The van der Waals surface area contributed by atoms with Gasteiger partial charge in [0.05, 0.1) is 0 Å². The summed E-state index contributed by atoms with van der Waals surface area (Å²) in [5.41, 5.74) is 6.49. The van der Waals surface area contributed by atoms with Crippen molar-refractivity contribution in [3.63, 3.8) is 0 Å². The Hall–Kier alpha value is -1.30. The summed E-state index contributed by atoms with van der Waals surface area (Å²) in [6, 6.07) is 6.32. The van der Waals surface area contributed by atoms with Gasteiger partial charge in [0, 0.05) is 18.3 Å². The summed E-state index contributed by atoms with van der Waals surface area (Å²) >= 11 is 4.74. The molecule has 0 amide bonds. The number of nitrogens with two attached hydrogens (primary N) is 1. The summed E-state index contributed by atoms with van der Waals surface area (Å²) in [5.74, 6) is 0. The fraction of sp³-hybridized carbons (Fsp3) is 0.300. The van der Waals surface area contributed by atoms with Crippen LogP contribution in [0.3, 0.4) is 0 Å². The topological polar surface area (TPSA) is 29.3 Å². The van der Waals surface area contributed by atoms with Crippen molar-refractivity contribution in [1.82, 2.24) is 0 Å². The summed E-state index contributed by atoms with van der Waals surface area (Å²) < 4.78 is 36.4. The molecule has 0 fully saturated rings. The Balaban J connectivity index is 2.78. The van der Waals surface area contributed by atoms with Crippen LogP contribution in [0.2, 0.25) is 0 Å². The van der Waals surface area contributed by atoms with E-state index in [2.05, 4.69) is 0 Å². The van der Waals surface area contributed by atoms with Gasteiger partial charge in [-0.1, -0.05) is 12.2 Å². The lowest BCUT2D eigenvalue weighted by atomic mass is 10.2. The summed E-state index contributed by atoms with van der Waals surface area (Å²) in [6.07, 6.45) is -4.21. The SMILES string of the molecule is CN(CC(F)(F)F)c1ccc(C(N)=S)cc1. The molecule has 0 radical (unpaired) electrons. The van der Waals surface area contributed by atoms with Gasteiger partial charge in [-0.2, -0.15) is 13.2 Å². The molecule has 0 atom stereocenters. The zero-order valence-corrected chi connectivity index (χ0v) is 9.40. The van der Waals surface area contributed by atoms with Crippen molar-refractivity contribution in [3.05, 3.63) is 29.8 Å². The Kier molecular flexibility index (Phi) is 3.74. The fourth-order valence-electron chi connectivity index (χ4n) is 1.24. The van der Waals surface area contributed by atoms with Gasteiger partial charge in [0.1, 0.15) is 11.5 Å². The number of halogens is 3. The Labute approximate surface area is 96.8 Å². The summed E-state index contributed by atoms with van der Waals surface area (Å²) in [4.78, 5) is 1.34. The molecule has 88 valence electrons. The van der Waals surface area contributed by atoms with Crippen LogP contribution in [0.1, 0.15) is 5.56 Å². The molecule has 2 nitrogen and oxygen atoms in total. The van der Waals surface area contributed by atoms with Gasteiger partial charge < -0.3 is 10.6 Å². The number of nitrogens with zero attached hydrogens (tertiary/aromatic N) is 1. The van der Waals surface area contributed by atoms with E-state index in [1.807, 2.05) is 0 Å². The quantitative estimate of drug-likeness (QED) is 0.832. The molecule has 0 aliphatic rings. The Bertz CT molecular complexity index is 373. The first-order valence-electron chi connectivity index (χ1n) is 4.47. The van der Waals surface area contributed by atoms with Crippen molar-refractivity contribution in [1.29, 1.82) is 0 Å². The molecular weight excluding hydrogens is 237 g/mol. The van der Waals surface area contributed by atoms with Crippen LogP contribution >= 0.6 is 12.2 Å². The van der Waals surface area contributed by atoms with Gasteiger partial charge in [-0.15, -0.1) is 0 Å². The maximum absolute atomic E-state index is 12.1. The van der Waals surface area contributed by atoms with Gasteiger partial charge in [0.15, 0.2) is 0 Å². The molecular formula is C10H11F3N2S. The number of anilines is 1. The van der Waals surface area contributed by atoms with Crippen LogP contribution in [0.15, 0.2) is 24.3 Å². The van der Waals surface area contributed by atoms with Crippen molar-refractivity contribution in [2.24, 2.45) is 5.73 Å². The van der Waals surface area contributed by atoms with E-state index in [9.17, 15) is 13.2 Å². The van der Waals surface area contributed by atoms with Gasteiger partial charge in [-0.3, -0.25) is 0 Å². The highest BCUT2D eigenvalue weighted by Gasteiger charge is 2.29. The number of benzene rings is 1. The summed E-state index contributed by atoms with van der Waals surface area (Å²) in [7, 11) is 1.38. The average Bonchev–Trinajstić information content (AvgIpc) is 2.15. The van der Waals surface area contributed by atoms with E-state index in [0.717, 1.165) is 4.90 Å². The highest BCUT2D eigenvalue weighted by Crippen LogP contribution is 2.20. The zero-order chi connectivity index (χ0) is 12.3. The Morgan fingerprint density at radius 1 is 1.31 bits per heavy atom. The minimum atomic E-state index is -4.21. The van der Waals surface area contributed by atoms with E-state index in [1.54, 1.807) is 24.3 Å². The van der Waals surface area contributed by atoms with E-state index >= 15 is 0 Å². The van der Waals surface area contributed by atoms with E-state index in [0.29, 0.717) is 11.3 Å². The molecule has 1 aromatic rings. The van der Waals surface area contributed by atoms with Gasteiger partial charge in [-0.05, 0) is 24.3 Å². The molecule has 0 aliphatic carbocycles. The minimum Gasteiger partial charge on any atom is -0.389 e. The highest BCUT2D eigenvalue weighted by atomic mass is 32.1. The average molecular weight is 248 g/mol. The van der Waals surface area contributed by atoms with Crippen molar-refractivity contribution >= 4 is 22.9 Å². The van der Waals surface area contributed by atoms with Crippen LogP contribution in [0.25, 0.3) is 0 Å². The molecule has 1 rings (SSSR count). The number of hydrogen-bond acceptors (Lipinski definition) is 2. The zero-order valence-electron chi connectivity index (χ0n) is 8.58. The number of hydrogen-bond donors (Lipinski definition) is 1. The van der Waals surface area contributed by atoms with E-state index in [1.165, 1.54) is 7.05 Å². The molecule has 1 aromatic carbocycles. The number of rotatable bonds is 3. The molecule has 0 heterocycles. The highest BCUT2D eigenvalue weighted by molar-refractivity contribution is 7.80. The van der Waals surface area contributed by atoms with Crippen molar-refractivity contribution < 1.29 is 13.2 Å². The minimum absolute atomic E-state index is 0.227. The summed E-state index contributed by atoms with van der Waals surface area (Å²) in [5, 5.41) is 0. The van der Waals surface area contributed by atoms with Crippen molar-refractivity contribution in [2.45, 2.75) is 6.18 Å². The second kappa shape index (κ2) is 4.69. The molecule has 16 heavy (non-hydrogen) atoms. The van der Waals surface area contributed by atoms with Gasteiger partial charge in [0.2, 0.25) is 0 Å². The monoisotopic (exact) mass is 248 g/mol. The van der Waals surface area contributed by atoms with Crippen molar-refractivity contribution in [3.8, 4) is 0 Å². The van der Waals surface area contributed by atoms with E-state index in [-0.39, 0.29) is 4.99 Å². The standard InChI is InChI=1S/C10H11F3N2S/c1-15(6-10(11,12)13)8-4-2-7(3-5-8)9(14)16/h2-5H,6H2,1H3,(H2,14,16). The van der Waals surface area contributed by atoms with Crippen LogP contribution in [0.5, 0.6) is 0 Å². The first-order chi connectivity index (χ1) is 7.29. The second-order valence-electron chi connectivity index (χ2n) is 3.38. The normalized spacial score (nSPS) is 11.2. The Morgan fingerprint density at radius 2 is 1.81 bits per heavy atom. The van der Waals surface area contributed by atoms with Crippen LogP contribution in [0, 0.1) is 0 Å². The predicted molar refractivity (Wildman–Crippen MR) is 61.7 cm³/mol. The second-order valence-corrected chi connectivity index (χ2v) is 3.82. The number of alkyl halides is 3. The lowest BCUT2D eigenvalue weighted by Gasteiger charge is -2.20. The third-order valence-corrected chi connectivity index (χ3v) is 2.24. The molecule has 6 heteroatoms. The van der Waals surface area contributed by atoms with E-state index < -0.39 is 12.7 Å². The predicted octanol–water partition coefficient (Wildman–Crippen LogP) is 2.32. The van der Waals surface area contributed by atoms with Crippen molar-refractivity contribution in [2.75, 3.05) is 18.5 Å². The molecule has 0 spiro atoms. The maximum Gasteiger partial charge on any atom is 0.405 e. The van der Waals surface area contributed by atoms with E-state index in [4.69, 9.17) is 18.0 Å².